The highest BCUT2D eigenvalue weighted by Gasteiger charge is 2.20. The van der Waals surface area contributed by atoms with Crippen LogP contribution in [0, 0.1) is 0 Å². The molecule has 1 fully saturated rings. The van der Waals surface area contributed by atoms with E-state index in [1.54, 1.807) is 24.3 Å². The Balaban J connectivity index is 1.35. The number of amides is 2. The largest absolute Gasteiger partial charge is 0.336 e. The molecule has 2 N–H and O–H groups in total. The van der Waals surface area contributed by atoms with E-state index in [-0.39, 0.29) is 16.9 Å². The fraction of sp³-hybridized carbons (Fsp3) is 0.192. The Morgan fingerprint density at radius 1 is 0.939 bits per heavy atom. The second-order valence-corrected chi connectivity index (χ2v) is 8.43. The van der Waals surface area contributed by atoms with E-state index in [0.29, 0.717) is 24.3 Å². The topological polar surface area (TPSA) is 64.7 Å². The Morgan fingerprint density at radius 3 is 2.48 bits per heavy atom. The summed E-state index contributed by atoms with van der Waals surface area (Å²) in [5.74, 6) is -0.329. The van der Waals surface area contributed by atoms with Gasteiger partial charge in [-0.15, -0.1) is 0 Å². The second kappa shape index (κ2) is 10.4. The quantitative estimate of drug-likeness (QED) is 0.461. The van der Waals surface area contributed by atoms with Crippen LogP contribution in [0.15, 0.2) is 72.8 Å². The molecule has 0 bridgehead atoms. The summed E-state index contributed by atoms with van der Waals surface area (Å²) in [7, 11) is 2.05. The number of anilines is 1. The molecule has 3 aromatic rings. The fourth-order valence-electron chi connectivity index (χ4n) is 3.80. The Morgan fingerprint density at radius 2 is 1.67 bits per heavy atom. The van der Waals surface area contributed by atoms with Crippen molar-refractivity contribution in [3.63, 3.8) is 0 Å². The monoisotopic (exact) mass is 458 g/mol. The molecule has 1 aliphatic heterocycles. The lowest BCUT2D eigenvalue weighted by Crippen LogP contribution is -2.47. The number of nitrogens with one attached hydrogen (secondary N) is 2. The first-order valence-electron chi connectivity index (χ1n) is 10.9. The number of hydrogen-bond donors (Lipinski definition) is 2. The molecule has 4 rings (SSSR count). The summed E-state index contributed by atoms with van der Waals surface area (Å²) >= 11 is 5.29. The van der Waals surface area contributed by atoms with E-state index in [2.05, 4.69) is 22.6 Å². The van der Waals surface area contributed by atoms with Crippen LogP contribution in [0.25, 0.3) is 16.8 Å². The Kier molecular flexibility index (Phi) is 7.12. The minimum atomic E-state index is -0.329. The van der Waals surface area contributed by atoms with E-state index in [0.717, 1.165) is 29.4 Å². The third kappa shape index (κ3) is 5.83. The highest BCUT2D eigenvalue weighted by molar-refractivity contribution is 7.80. The SMILES string of the molecule is CN1CCN(C(=O)c2cccc(NC(=S)NC(=O)/C=C/c3cccc4ccccc34)c2)CC1. The van der Waals surface area contributed by atoms with Crippen molar-refractivity contribution in [2.45, 2.75) is 0 Å². The molecule has 0 aromatic heterocycles. The normalized spacial score (nSPS) is 14.4. The van der Waals surface area contributed by atoms with Crippen LogP contribution < -0.4 is 10.6 Å². The molecular formula is C26H26N4O2S. The molecule has 6 nitrogen and oxygen atoms in total. The molecule has 1 saturated heterocycles. The molecule has 0 spiro atoms. The minimum Gasteiger partial charge on any atom is -0.336 e. The molecule has 0 aliphatic carbocycles. The Bertz CT molecular complexity index is 1210. The molecule has 0 radical (unpaired) electrons. The zero-order chi connectivity index (χ0) is 23.2. The summed E-state index contributed by atoms with van der Waals surface area (Å²) in [6.45, 7) is 3.16. The maximum absolute atomic E-state index is 12.8. The smallest absolute Gasteiger partial charge is 0.254 e. The van der Waals surface area contributed by atoms with Crippen molar-refractivity contribution < 1.29 is 9.59 Å². The first kappa shape index (κ1) is 22.6. The van der Waals surface area contributed by atoms with E-state index < -0.39 is 0 Å². The van der Waals surface area contributed by atoms with Gasteiger partial charge in [-0.05, 0) is 59.9 Å². The lowest BCUT2D eigenvalue weighted by molar-refractivity contribution is -0.115. The molecule has 7 heteroatoms. The minimum absolute atomic E-state index is 0.000255. The van der Waals surface area contributed by atoms with Crippen LogP contribution in [0.4, 0.5) is 5.69 Å². The average molecular weight is 459 g/mol. The van der Waals surface area contributed by atoms with Gasteiger partial charge in [0.05, 0.1) is 0 Å². The van der Waals surface area contributed by atoms with Gasteiger partial charge < -0.3 is 15.1 Å². The van der Waals surface area contributed by atoms with Crippen LogP contribution in [-0.4, -0.2) is 60.0 Å². The van der Waals surface area contributed by atoms with E-state index in [1.165, 1.54) is 6.08 Å². The molecule has 3 aromatic carbocycles. The first-order valence-corrected chi connectivity index (χ1v) is 11.3. The molecule has 0 atom stereocenters. The van der Waals surface area contributed by atoms with Crippen molar-refractivity contribution in [1.29, 1.82) is 0 Å². The molecule has 168 valence electrons. The van der Waals surface area contributed by atoms with Crippen molar-refractivity contribution in [2.24, 2.45) is 0 Å². The Hall–Kier alpha value is -3.55. The van der Waals surface area contributed by atoms with Gasteiger partial charge in [-0.2, -0.15) is 0 Å². The number of likely N-dealkylation sites (N-methyl/N-ethyl adjacent to an activating group) is 1. The number of benzene rings is 3. The van der Waals surface area contributed by atoms with Crippen LogP contribution in [0.3, 0.4) is 0 Å². The molecule has 1 aliphatic rings. The van der Waals surface area contributed by atoms with E-state index in [1.807, 2.05) is 53.4 Å². The zero-order valence-electron chi connectivity index (χ0n) is 18.5. The third-order valence-corrected chi connectivity index (χ3v) is 5.84. The van der Waals surface area contributed by atoms with E-state index >= 15 is 0 Å². The van der Waals surface area contributed by atoms with Gasteiger partial charge in [-0.3, -0.25) is 14.9 Å². The van der Waals surface area contributed by atoms with Crippen LogP contribution in [0.2, 0.25) is 0 Å². The maximum Gasteiger partial charge on any atom is 0.254 e. The fourth-order valence-corrected chi connectivity index (χ4v) is 4.02. The first-order chi connectivity index (χ1) is 16.0. The lowest BCUT2D eigenvalue weighted by Gasteiger charge is -2.32. The van der Waals surface area contributed by atoms with Gasteiger partial charge in [0, 0.05) is 43.5 Å². The van der Waals surface area contributed by atoms with Gasteiger partial charge in [0.25, 0.3) is 5.91 Å². The molecular weight excluding hydrogens is 432 g/mol. The molecule has 0 saturated carbocycles. The van der Waals surface area contributed by atoms with Crippen molar-refractivity contribution in [3.8, 4) is 0 Å². The van der Waals surface area contributed by atoms with Crippen molar-refractivity contribution in [3.05, 3.63) is 83.9 Å². The number of thiocarbonyl (C=S) groups is 1. The third-order valence-electron chi connectivity index (χ3n) is 5.63. The summed E-state index contributed by atoms with van der Waals surface area (Å²) in [6, 6.07) is 21.1. The average Bonchev–Trinajstić information content (AvgIpc) is 2.83. The second-order valence-electron chi connectivity index (χ2n) is 8.02. The van der Waals surface area contributed by atoms with Gasteiger partial charge in [-0.25, -0.2) is 0 Å². The summed E-state index contributed by atoms with van der Waals surface area (Å²) < 4.78 is 0. The van der Waals surface area contributed by atoms with Crippen molar-refractivity contribution >= 4 is 51.7 Å². The molecule has 0 unspecified atom stereocenters. The summed E-state index contributed by atoms with van der Waals surface area (Å²) in [4.78, 5) is 29.2. The predicted molar refractivity (Wildman–Crippen MR) is 137 cm³/mol. The predicted octanol–water partition coefficient (Wildman–Crippen LogP) is 3.75. The summed E-state index contributed by atoms with van der Waals surface area (Å²) in [5, 5.41) is 8.01. The molecule has 1 heterocycles. The van der Waals surface area contributed by atoms with Crippen LogP contribution in [-0.2, 0) is 4.79 Å². The maximum atomic E-state index is 12.8. The van der Waals surface area contributed by atoms with Gasteiger partial charge in [0.2, 0.25) is 5.91 Å². The Labute approximate surface area is 198 Å². The molecule has 33 heavy (non-hydrogen) atoms. The van der Waals surface area contributed by atoms with Gasteiger partial charge in [0.15, 0.2) is 5.11 Å². The summed E-state index contributed by atoms with van der Waals surface area (Å²) in [5.41, 5.74) is 2.20. The van der Waals surface area contributed by atoms with Crippen LogP contribution in [0.5, 0.6) is 0 Å². The highest BCUT2D eigenvalue weighted by Crippen LogP contribution is 2.19. The number of carbonyl (C=O) groups excluding carboxylic acids is 2. The highest BCUT2D eigenvalue weighted by atomic mass is 32.1. The lowest BCUT2D eigenvalue weighted by atomic mass is 10.0. The van der Waals surface area contributed by atoms with Crippen molar-refractivity contribution in [2.75, 3.05) is 38.5 Å². The van der Waals surface area contributed by atoms with Crippen LogP contribution in [0.1, 0.15) is 15.9 Å². The van der Waals surface area contributed by atoms with E-state index in [4.69, 9.17) is 12.2 Å². The standard InChI is InChI=1S/C26H26N4O2S/c1-29-14-16-30(17-15-29)25(32)21-9-5-10-22(18-21)27-26(33)28-24(31)13-12-20-8-4-7-19-6-2-3-11-23(19)20/h2-13,18H,14-17H2,1H3,(H2,27,28,31,33)/b13-12+. The number of piperazine rings is 1. The van der Waals surface area contributed by atoms with Crippen LogP contribution >= 0.6 is 12.2 Å². The van der Waals surface area contributed by atoms with Gasteiger partial charge >= 0.3 is 0 Å². The number of rotatable bonds is 4. The van der Waals surface area contributed by atoms with Gasteiger partial charge in [0.1, 0.15) is 0 Å². The summed E-state index contributed by atoms with van der Waals surface area (Å²) in [6.07, 6.45) is 3.23. The van der Waals surface area contributed by atoms with Crippen molar-refractivity contribution in [1.82, 2.24) is 15.1 Å². The number of hydrogen-bond acceptors (Lipinski definition) is 4. The number of carbonyl (C=O) groups is 2. The number of fused-ring (bicyclic) bond motifs is 1. The zero-order valence-corrected chi connectivity index (χ0v) is 19.3. The number of nitrogens with zero attached hydrogens (tertiary/aromatic N) is 2. The molecule has 2 amide bonds. The van der Waals surface area contributed by atoms with E-state index in [9.17, 15) is 9.59 Å². The van der Waals surface area contributed by atoms with Gasteiger partial charge in [-0.1, -0.05) is 48.5 Å².